The molecule has 0 bridgehead atoms. The van der Waals surface area contributed by atoms with Gasteiger partial charge in [0.05, 0.1) is 13.3 Å². The van der Waals surface area contributed by atoms with E-state index in [2.05, 4.69) is 36.3 Å². The number of nitrogens with zero attached hydrogens (tertiary/aromatic N) is 4. The second-order valence-electron chi connectivity index (χ2n) is 8.18. The molecular weight excluding hydrogens is 434 g/mol. The Morgan fingerprint density at radius 3 is 2.70 bits per heavy atom. The molecule has 1 aliphatic rings. The SMILES string of the molecule is COc1c(Cc2cccc(C)c2C)c(N)c(=O)n2c1SC[C@H]2n1cc(-c2ccccc2)nn1. The van der Waals surface area contributed by atoms with Gasteiger partial charge in [0.15, 0.2) is 5.75 Å². The van der Waals surface area contributed by atoms with Crippen molar-refractivity contribution in [2.45, 2.75) is 31.5 Å². The average molecular weight is 460 g/mol. The molecule has 2 aromatic heterocycles. The van der Waals surface area contributed by atoms with E-state index in [4.69, 9.17) is 10.5 Å². The zero-order valence-corrected chi connectivity index (χ0v) is 19.6. The first-order chi connectivity index (χ1) is 16.0. The van der Waals surface area contributed by atoms with E-state index in [0.29, 0.717) is 17.9 Å². The number of methoxy groups -OCH3 is 1. The number of aromatic nitrogens is 4. The predicted octanol–water partition coefficient (Wildman–Crippen LogP) is 4.06. The second-order valence-corrected chi connectivity index (χ2v) is 9.19. The molecule has 0 saturated carbocycles. The number of ether oxygens (including phenoxy) is 1. The Bertz CT molecular complexity index is 1390. The van der Waals surface area contributed by atoms with Gasteiger partial charge in [0.2, 0.25) is 0 Å². The van der Waals surface area contributed by atoms with E-state index in [1.54, 1.807) is 28.1 Å². The molecule has 5 rings (SSSR count). The van der Waals surface area contributed by atoms with Crippen molar-refractivity contribution in [3.05, 3.63) is 87.3 Å². The van der Waals surface area contributed by atoms with E-state index in [-0.39, 0.29) is 17.4 Å². The van der Waals surface area contributed by atoms with E-state index >= 15 is 0 Å². The van der Waals surface area contributed by atoms with Crippen LogP contribution < -0.4 is 16.0 Å². The molecule has 3 heterocycles. The lowest BCUT2D eigenvalue weighted by Crippen LogP contribution is -2.31. The lowest BCUT2D eigenvalue weighted by molar-refractivity contribution is 0.360. The molecule has 0 aliphatic carbocycles. The first-order valence-corrected chi connectivity index (χ1v) is 11.7. The Hall–Kier alpha value is -3.52. The van der Waals surface area contributed by atoms with Crippen molar-refractivity contribution in [3.8, 4) is 17.0 Å². The topological polar surface area (TPSA) is 88.0 Å². The predicted molar refractivity (Wildman–Crippen MR) is 131 cm³/mol. The number of benzene rings is 2. The molecule has 1 atom stereocenters. The summed E-state index contributed by atoms with van der Waals surface area (Å²) in [5.74, 6) is 1.29. The lowest BCUT2D eigenvalue weighted by Gasteiger charge is -2.19. The normalized spacial score (nSPS) is 14.9. The van der Waals surface area contributed by atoms with Gasteiger partial charge in [-0.05, 0) is 30.5 Å². The van der Waals surface area contributed by atoms with Crippen molar-refractivity contribution in [1.29, 1.82) is 0 Å². The molecule has 33 heavy (non-hydrogen) atoms. The average Bonchev–Trinajstić information content (AvgIpc) is 3.48. The summed E-state index contributed by atoms with van der Waals surface area (Å²) < 4.78 is 9.24. The van der Waals surface area contributed by atoms with Crippen molar-refractivity contribution >= 4 is 17.4 Å². The van der Waals surface area contributed by atoms with E-state index < -0.39 is 0 Å². The summed E-state index contributed by atoms with van der Waals surface area (Å²) in [6, 6.07) is 16.0. The highest BCUT2D eigenvalue weighted by atomic mass is 32.2. The minimum atomic E-state index is -0.326. The summed E-state index contributed by atoms with van der Waals surface area (Å²) in [4.78, 5) is 13.5. The van der Waals surface area contributed by atoms with Gasteiger partial charge in [0, 0.05) is 23.3 Å². The summed E-state index contributed by atoms with van der Waals surface area (Å²) in [5, 5.41) is 9.42. The van der Waals surface area contributed by atoms with Crippen LogP contribution in [0.3, 0.4) is 0 Å². The van der Waals surface area contributed by atoms with Gasteiger partial charge in [0.1, 0.15) is 22.6 Å². The number of nitrogen functional groups attached to an aromatic ring is 1. The minimum absolute atomic E-state index is 0.215. The van der Waals surface area contributed by atoms with E-state index in [1.807, 2.05) is 42.6 Å². The summed E-state index contributed by atoms with van der Waals surface area (Å²) in [7, 11) is 1.63. The summed E-state index contributed by atoms with van der Waals surface area (Å²) in [6.07, 6.45) is 2.08. The second kappa shape index (κ2) is 8.44. The van der Waals surface area contributed by atoms with Gasteiger partial charge in [-0.25, -0.2) is 4.68 Å². The highest BCUT2D eigenvalue weighted by Crippen LogP contribution is 2.43. The molecule has 7 nitrogen and oxygen atoms in total. The molecule has 0 amide bonds. The lowest BCUT2D eigenvalue weighted by atomic mass is 9.96. The third-order valence-electron chi connectivity index (χ3n) is 6.30. The smallest absolute Gasteiger partial charge is 0.276 e. The van der Waals surface area contributed by atoms with Gasteiger partial charge in [-0.2, -0.15) is 0 Å². The Labute approximate surface area is 196 Å². The molecule has 0 unspecified atom stereocenters. The fourth-order valence-electron chi connectivity index (χ4n) is 4.28. The van der Waals surface area contributed by atoms with Crippen LogP contribution in [0.5, 0.6) is 5.75 Å². The molecule has 1 aliphatic heterocycles. The largest absolute Gasteiger partial charge is 0.494 e. The number of anilines is 1. The molecule has 0 fully saturated rings. The van der Waals surface area contributed by atoms with Crippen LogP contribution in [0.2, 0.25) is 0 Å². The van der Waals surface area contributed by atoms with Crippen LogP contribution in [0, 0.1) is 13.8 Å². The Balaban J connectivity index is 1.58. The number of nitrogens with two attached hydrogens (primary N) is 1. The third-order valence-corrected chi connectivity index (χ3v) is 7.42. The number of aryl methyl sites for hydroxylation is 1. The molecule has 0 saturated heterocycles. The van der Waals surface area contributed by atoms with Crippen LogP contribution in [-0.2, 0) is 6.42 Å². The fourth-order valence-corrected chi connectivity index (χ4v) is 5.57. The Morgan fingerprint density at radius 2 is 1.94 bits per heavy atom. The van der Waals surface area contributed by atoms with Gasteiger partial charge >= 0.3 is 0 Å². The monoisotopic (exact) mass is 459 g/mol. The fraction of sp³-hybridized carbons (Fsp3) is 0.240. The maximum absolute atomic E-state index is 13.5. The number of thioether (sulfide) groups is 1. The van der Waals surface area contributed by atoms with E-state index in [9.17, 15) is 4.79 Å². The number of rotatable bonds is 5. The molecule has 2 aromatic carbocycles. The molecule has 168 valence electrons. The Morgan fingerprint density at radius 1 is 1.15 bits per heavy atom. The van der Waals surface area contributed by atoms with Crippen molar-refractivity contribution in [1.82, 2.24) is 19.6 Å². The van der Waals surface area contributed by atoms with Crippen molar-refractivity contribution in [3.63, 3.8) is 0 Å². The standard InChI is InChI=1S/C25H25N5O2S/c1-15-8-7-11-18(16(15)2)12-19-22(26)24(31)30-21(14-33-25(30)23(19)32-3)29-13-20(27-28-29)17-9-5-4-6-10-17/h4-11,13,21H,12,14,26H2,1-3H3/t21-/m0/s1. The number of hydrogen-bond acceptors (Lipinski definition) is 6. The van der Waals surface area contributed by atoms with Gasteiger partial charge in [-0.15, -0.1) is 16.9 Å². The third kappa shape index (κ3) is 3.60. The van der Waals surface area contributed by atoms with E-state index in [0.717, 1.165) is 27.4 Å². The van der Waals surface area contributed by atoms with Gasteiger partial charge in [-0.1, -0.05) is 53.7 Å². The van der Waals surface area contributed by atoms with Crippen LogP contribution >= 0.6 is 11.8 Å². The minimum Gasteiger partial charge on any atom is -0.494 e. The zero-order valence-electron chi connectivity index (χ0n) is 18.8. The maximum atomic E-state index is 13.5. The maximum Gasteiger partial charge on any atom is 0.276 e. The van der Waals surface area contributed by atoms with Gasteiger partial charge in [0.25, 0.3) is 5.56 Å². The van der Waals surface area contributed by atoms with Crippen LogP contribution in [-0.4, -0.2) is 32.4 Å². The van der Waals surface area contributed by atoms with Crippen molar-refractivity contribution in [2.24, 2.45) is 0 Å². The summed E-state index contributed by atoms with van der Waals surface area (Å²) >= 11 is 1.58. The molecule has 8 heteroatoms. The van der Waals surface area contributed by atoms with E-state index in [1.165, 1.54) is 11.1 Å². The Kier molecular flexibility index (Phi) is 5.46. The van der Waals surface area contributed by atoms with Crippen molar-refractivity contribution < 1.29 is 4.74 Å². The molecule has 0 spiro atoms. The molecule has 0 radical (unpaired) electrons. The molecule has 4 aromatic rings. The first-order valence-electron chi connectivity index (χ1n) is 10.8. The highest BCUT2D eigenvalue weighted by molar-refractivity contribution is 7.99. The highest BCUT2D eigenvalue weighted by Gasteiger charge is 2.33. The van der Waals surface area contributed by atoms with Crippen molar-refractivity contribution in [2.75, 3.05) is 18.6 Å². The van der Waals surface area contributed by atoms with Crippen LogP contribution in [0.4, 0.5) is 5.69 Å². The van der Waals surface area contributed by atoms with Gasteiger partial charge in [-0.3, -0.25) is 9.36 Å². The summed E-state index contributed by atoms with van der Waals surface area (Å²) in [5.41, 5.74) is 12.4. The zero-order chi connectivity index (χ0) is 23.1. The summed E-state index contributed by atoms with van der Waals surface area (Å²) in [6.45, 7) is 4.17. The molecular formula is C25H25N5O2S. The first kappa shape index (κ1) is 21.3. The van der Waals surface area contributed by atoms with Gasteiger partial charge < -0.3 is 10.5 Å². The van der Waals surface area contributed by atoms with Crippen LogP contribution in [0.25, 0.3) is 11.3 Å². The number of pyridine rings is 1. The quantitative estimate of drug-likeness (QED) is 0.484. The number of hydrogen-bond donors (Lipinski definition) is 1. The van der Waals surface area contributed by atoms with Crippen LogP contribution in [0.1, 0.15) is 28.4 Å². The number of fused-ring (bicyclic) bond motifs is 1. The molecule has 2 N–H and O–H groups in total. The van der Waals surface area contributed by atoms with Crippen LogP contribution in [0.15, 0.2) is 64.5 Å².